The third-order valence-corrected chi connectivity index (χ3v) is 6.27. The number of amides is 1. The maximum Gasteiger partial charge on any atom is 0.262 e. The largest absolute Gasteiger partial charge is 0.490 e. The summed E-state index contributed by atoms with van der Waals surface area (Å²) in [6, 6.07) is 14.2. The molecular formula is C23H24N4O5S. The van der Waals surface area contributed by atoms with Crippen molar-refractivity contribution >= 4 is 33.1 Å². The highest BCUT2D eigenvalue weighted by atomic mass is 32.2. The van der Waals surface area contributed by atoms with Crippen molar-refractivity contribution in [1.29, 1.82) is 0 Å². The second-order valence-corrected chi connectivity index (χ2v) is 9.28. The maximum atomic E-state index is 12.8. The Bertz CT molecular complexity index is 1240. The van der Waals surface area contributed by atoms with E-state index in [4.69, 9.17) is 9.47 Å². The van der Waals surface area contributed by atoms with E-state index in [0.717, 1.165) is 12.2 Å². The fourth-order valence-corrected chi connectivity index (χ4v) is 4.22. The summed E-state index contributed by atoms with van der Waals surface area (Å²) < 4.78 is 39.3. The van der Waals surface area contributed by atoms with Crippen LogP contribution in [0.4, 0.5) is 17.2 Å². The van der Waals surface area contributed by atoms with Gasteiger partial charge in [0, 0.05) is 37.8 Å². The number of carbonyl (C=O) groups excluding carboxylic acids is 1. The molecule has 0 aliphatic carbocycles. The minimum absolute atomic E-state index is 0.0576. The highest BCUT2D eigenvalue weighted by Gasteiger charge is 2.19. The lowest BCUT2D eigenvalue weighted by atomic mass is 10.2. The van der Waals surface area contributed by atoms with Crippen LogP contribution < -0.4 is 24.4 Å². The van der Waals surface area contributed by atoms with Crippen molar-refractivity contribution in [1.82, 2.24) is 4.98 Å². The molecule has 1 amide bonds. The fraction of sp³-hybridized carbons (Fsp3) is 0.217. The van der Waals surface area contributed by atoms with E-state index < -0.39 is 10.0 Å². The van der Waals surface area contributed by atoms with Crippen LogP contribution in [0.2, 0.25) is 0 Å². The van der Waals surface area contributed by atoms with Gasteiger partial charge in [-0.25, -0.2) is 13.4 Å². The number of hydrogen-bond donors (Lipinski definition) is 2. The van der Waals surface area contributed by atoms with E-state index in [1.54, 1.807) is 36.5 Å². The van der Waals surface area contributed by atoms with Gasteiger partial charge >= 0.3 is 0 Å². The summed E-state index contributed by atoms with van der Waals surface area (Å²) in [5.74, 6) is 1.37. The van der Waals surface area contributed by atoms with E-state index in [9.17, 15) is 13.2 Å². The number of ether oxygens (including phenoxy) is 2. The van der Waals surface area contributed by atoms with Crippen LogP contribution in [-0.4, -0.2) is 46.6 Å². The first-order chi connectivity index (χ1) is 15.8. The van der Waals surface area contributed by atoms with Crippen LogP contribution in [0.1, 0.15) is 16.8 Å². The molecule has 1 aliphatic rings. The first-order valence-corrected chi connectivity index (χ1v) is 11.8. The molecule has 1 aliphatic heterocycles. The molecule has 172 valence electrons. The minimum atomic E-state index is -3.85. The molecule has 0 saturated heterocycles. The van der Waals surface area contributed by atoms with E-state index in [1.807, 2.05) is 19.0 Å². The highest BCUT2D eigenvalue weighted by molar-refractivity contribution is 7.92. The van der Waals surface area contributed by atoms with Crippen LogP contribution in [0.5, 0.6) is 11.5 Å². The van der Waals surface area contributed by atoms with Crippen molar-refractivity contribution < 1.29 is 22.7 Å². The lowest BCUT2D eigenvalue weighted by Crippen LogP contribution is -2.15. The van der Waals surface area contributed by atoms with E-state index in [2.05, 4.69) is 15.0 Å². The number of benzene rings is 2. The Morgan fingerprint density at radius 2 is 1.64 bits per heavy atom. The van der Waals surface area contributed by atoms with Crippen LogP contribution in [0, 0.1) is 0 Å². The van der Waals surface area contributed by atoms with Crippen LogP contribution >= 0.6 is 0 Å². The molecular weight excluding hydrogens is 444 g/mol. The fourth-order valence-electron chi connectivity index (χ4n) is 3.14. The molecule has 0 atom stereocenters. The Hall–Kier alpha value is -3.79. The minimum Gasteiger partial charge on any atom is -0.490 e. The van der Waals surface area contributed by atoms with Gasteiger partial charge in [-0.15, -0.1) is 0 Å². The number of rotatable bonds is 6. The summed E-state index contributed by atoms with van der Waals surface area (Å²) in [5, 5.41) is 2.77. The molecule has 1 aromatic heterocycles. The topological polar surface area (TPSA) is 110 Å². The molecule has 2 aromatic carbocycles. The predicted molar refractivity (Wildman–Crippen MR) is 126 cm³/mol. The van der Waals surface area contributed by atoms with E-state index in [-0.39, 0.29) is 10.8 Å². The molecule has 2 N–H and O–H groups in total. The van der Waals surface area contributed by atoms with Gasteiger partial charge in [-0.05, 0) is 48.5 Å². The molecule has 0 fully saturated rings. The zero-order chi connectivity index (χ0) is 23.4. The number of aromatic nitrogens is 1. The molecule has 0 saturated carbocycles. The number of anilines is 3. The summed E-state index contributed by atoms with van der Waals surface area (Å²) in [6.45, 7) is 0.985. The first kappa shape index (κ1) is 22.4. The monoisotopic (exact) mass is 468 g/mol. The van der Waals surface area contributed by atoms with Crippen LogP contribution in [0.25, 0.3) is 0 Å². The SMILES string of the molecule is CN(C)c1ccc(NC(=O)c2ccc(NS(=O)(=O)c3ccc4c(c3)OCCCO4)cc2)cn1. The molecule has 0 bridgehead atoms. The Balaban J connectivity index is 1.43. The predicted octanol–water partition coefficient (Wildman–Crippen LogP) is 3.36. The van der Waals surface area contributed by atoms with E-state index >= 15 is 0 Å². The average molecular weight is 469 g/mol. The average Bonchev–Trinajstić information content (AvgIpc) is 3.04. The zero-order valence-electron chi connectivity index (χ0n) is 18.2. The standard InChI is InChI=1S/C23H24N4O5S/c1-27(2)22-11-8-18(15-24-22)25-23(28)16-4-6-17(7-5-16)26-33(29,30)19-9-10-20-21(14-19)32-13-3-12-31-20/h4-11,14-15,26H,3,12-13H2,1-2H3,(H,25,28). The number of nitrogens with one attached hydrogen (secondary N) is 2. The van der Waals surface area contributed by atoms with Crippen molar-refractivity contribution in [3.8, 4) is 11.5 Å². The van der Waals surface area contributed by atoms with Gasteiger partial charge in [0.25, 0.3) is 15.9 Å². The molecule has 33 heavy (non-hydrogen) atoms. The third kappa shape index (κ3) is 5.35. The van der Waals surface area contributed by atoms with E-state index in [1.165, 1.54) is 24.3 Å². The van der Waals surface area contributed by atoms with Gasteiger partial charge in [0.05, 0.1) is 30.0 Å². The van der Waals surface area contributed by atoms with Crippen molar-refractivity contribution in [3.63, 3.8) is 0 Å². The number of pyridine rings is 1. The number of fused-ring (bicyclic) bond motifs is 1. The van der Waals surface area contributed by atoms with Crippen molar-refractivity contribution in [3.05, 3.63) is 66.4 Å². The number of sulfonamides is 1. The lowest BCUT2D eigenvalue weighted by Gasteiger charge is -2.12. The van der Waals surface area contributed by atoms with Gasteiger partial charge in [-0.1, -0.05) is 0 Å². The van der Waals surface area contributed by atoms with Crippen molar-refractivity contribution in [2.24, 2.45) is 0 Å². The van der Waals surface area contributed by atoms with Gasteiger partial charge < -0.3 is 19.7 Å². The second-order valence-electron chi connectivity index (χ2n) is 7.60. The summed E-state index contributed by atoms with van der Waals surface area (Å²) in [6.07, 6.45) is 2.30. The summed E-state index contributed by atoms with van der Waals surface area (Å²) in [4.78, 5) is 18.7. The quantitative estimate of drug-likeness (QED) is 0.571. The summed E-state index contributed by atoms with van der Waals surface area (Å²) in [5.41, 5.74) is 1.27. The molecule has 2 heterocycles. The number of carbonyl (C=O) groups is 1. The van der Waals surface area contributed by atoms with Crippen molar-refractivity contribution in [2.45, 2.75) is 11.3 Å². The molecule has 0 unspecified atom stereocenters. The smallest absolute Gasteiger partial charge is 0.262 e. The van der Waals surface area contributed by atoms with Crippen molar-refractivity contribution in [2.75, 3.05) is 42.2 Å². The van der Waals surface area contributed by atoms with Crippen LogP contribution in [0.3, 0.4) is 0 Å². The highest BCUT2D eigenvalue weighted by Crippen LogP contribution is 2.32. The van der Waals surface area contributed by atoms with Gasteiger partial charge in [0.1, 0.15) is 5.82 Å². The normalized spacial score (nSPS) is 13.0. The van der Waals surface area contributed by atoms with Gasteiger partial charge in [0.15, 0.2) is 11.5 Å². The Labute approximate surface area is 192 Å². The van der Waals surface area contributed by atoms with Gasteiger partial charge in [-0.2, -0.15) is 0 Å². The summed E-state index contributed by atoms with van der Waals surface area (Å²) in [7, 11) is -0.0891. The second kappa shape index (κ2) is 9.37. The molecule has 9 nitrogen and oxygen atoms in total. The Morgan fingerprint density at radius 1 is 0.939 bits per heavy atom. The molecule has 0 radical (unpaired) electrons. The van der Waals surface area contributed by atoms with E-state index in [0.29, 0.717) is 41.7 Å². The van der Waals surface area contributed by atoms with Gasteiger partial charge in [0.2, 0.25) is 0 Å². The Kier molecular flexibility index (Phi) is 6.36. The molecule has 10 heteroatoms. The van der Waals surface area contributed by atoms with Crippen LogP contribution in [0.15, 0.2) is 65.7 Å². The zero-order valence-corrected chi connectivity index (χ0v) is 19.1. The molecule has 4 rings (SSSR count). The lowest BCUT2D eigenvalue weighted by molar-refractivity contribution is 0.102. The first-order valence-electron chi connectivity index (χ1n) is 10.3. The number of hydrogen-bond acceptors (Lipinski definition) is 7. The molecule has 3 aromatic rings. The molecule has 0 spiro atoms. The van der Waals surface area contributed by atoms with Crippen LogP contribution in [-0.2, 0) is 10.0 Å². The van der Waals surface area contributed by atoms with Gasteiger partial charge in [-0.3, -0.25) is 9.52 Å². The number of nitrogens with zero attached hydrogens (tertiary/aromatic N) is 2. The maximum absolute atomic E-state index is 12.8. The Morgan fingerprint density at radius 3 is 2.30 bits per heavy atom. The third-order valence-electron chi connectivity index (χ3n) is 4.89. The summed E-state index contributed by atoms with van der Waals surface area (Å²) >= 11 is 0.